The number of rotatable bonds is 6. The average molecular weight is 346 g/mol. The van der Waals surface area contributed by atoms with Crippen molar-refractivity contribution in [1.29, 1.82) is 0 Å². The number of Topliss-reactive ketones (excluding diaryl/α,β-unsaturated/α-hetero) is 1. The minimum absolute atomic E-state index is 0.0644. The molecule has 2 rings (SSSR count). The Morgan fingerprint density at radius 3 is 2.52 bits per heavy atom. The van der Waals surface area contributed by atoms with E-state index in [9.17, 15) is 14.4 Å². The van der Waals surface area contributed by atoms with Crippen LogP contribution in [0.15, 0.2) is 30.3 Å². The number of hydrogen-bond donors (Lipinski definition) is 1. The maximum Gasteiger partial charge on any atom is 0.223 e. The number of benzene rings is 1. The van der Waals surface area contributed by atoms with E-state index in [1.54, 1.807) is 36.1 Å². The van der Waals surface area contributed by atoms with Crippen molar-refractivity contribution in [2.75, 3.05) is 19.8 Å². The van der Waals surface area contributed by atoms with Gasteiger partial charge in [-0.3, -0.25) is 14.4 Å². The molecule has 1 saturated heterocycles. The van der Waals surface area contributed by atoms with Gasteiger partial charge in [-0.25, -0.2) is 0 Å². The van der Waals surface area contributed by atoms with Gasteiger partial charge in [0, 0.05) is 24.9 Å². The Bertz CT molecular complexity index is 628. The molecule has 6 heteroatoms. The average Bonchev–Trinajstić information content (AvgIpc) is 2.59. The normalized spacial score (nSPS) is 17.6. The van der Waals surface area contributed by atoms with Crippen molar-refractivity contribution >= 4 is 17.6 Å². The Kier molecular flexibility index (Phi) is 6.31. The third-order valence-electron chi connectivity index (χ3n) is 4.34. The number of ketones is 1. The van der Waals surface area contributed by atoms with Gasteiger partial charge in [-0.15, -0.1) is 0 Å². The highest BCUT2D eigenvalue weighted by Gasteiger charge is 2.33. The first-order chi connectivity index (χ1) is 11.8. The van der Waals surface area contributed by atoms with Crippen molar-refractivity contribution in [1.82, 2.24) is 10.2 Å². The number of hydrogen-bond acceptors (Lipinski definition) is 4. The van der Waals surface area contributed by atoms with E-state index in [0.717, 1.165) is 0 Å². The van der Waals surface area contributed by atoms with Crippen LogP contribution in [0.3, 0.4) is 0 Å². The molecule has 0 bridgehead atoms. The molecule has 136 valence electrons. The van der Waals surface area contributed by atoms with Crippen LogP contribution in [-0.2, 0) is 14.3 Å². The summed E-state index contributed by atoms with van der Waals surface area (Å²) >= 11 is 0. The van der Waals surface area contributed by atoms with E-state index in [0.29, 0.717) is 25.3 Å². The number of nitrogens with one attached hydrogen (secondary N) is 1. The zero-order valence-corrected chi connectivity index (χ0v) is 15.1. The Balaban J connectivity index is 1.82. The van der Waals surface area contributed by atoms with Crippen molar-refractivity contribution in [3.8, 4) is 0 Å². The lowest BCUT2D eigenvalue weighted by molar-refractivity contribution is -0.147. The highest BCUT2D eigenvalue weighted by Crippen LogP contribution is 2.20. The van der Waals surface area contributed by atoms with Crippen LogP contribution in [0.1, 0.15) is 44.0 Å². The van der Waals surface area contributed by atoms with E-state index in [1.807, 2.05) is 19.9 Å². The summed E-state index contributed by atoms with van der Waals surface area (Å²) in [5.41, 5.74) is 0.198. The Morgan fingerprint density at radius 2 is 1.88 bits per heavy atom. The summed E-state index contributed by atoms with van der Waals surface area (Å²) in [5, 5.41) is 2.67. The lowest BCUT2D eigenvalue weighted by Gasteiger charge is -2.42. The molecule has 6 nitrogen and oxygen atoms in total. The van der Waals surface area contributed by atoms with Crippen molar-refractivity contribution in [3.63, 3.8) is 0 Å². The number of ether oxygens (including phenoxy) is 1. The Hall–Kier alpha value is -2.21. The van der Waals surface area contributed by atoms with Crippen LogP contribution in [0.5, 0.6) is 0 Å². The molecule has 1 unspecified atom stereocenters. The summed E-state index contributed by atoms with van der Waals surface area (Å²) in [6.07, 6.45) is 0.195. The quantitative estimate of drug-likeness (QED) is 0.797. The first-order valence-electron chi connectivity index (χ1n) is 8.58. The van der Waals surface area contributed by atoms with Crippen molar-refractivity contribution in [3.05, 3.63) is 35.9 Å². The summed E-state index contributed by atoms with van der Waals surface area (Å²) in [7, 11) is 0. The van der Waals surface area contributed by atoms with Gasteiger partial charge >= 0.3 is 0 Å². The second-order valence-corrected chi connectivity index (χ2v) is 6.93. The van der Waals surface area contributed by atoms with Gasteiger partial charge in [0.15, 0.2) is 5.78 Å². The molecule has 25 heavy (non-hydrogen) atoms. The van der Waals surface area contributed by atoms with Gasteiger partial charge in [0.1, 0.15) is 0 Å². The van der Waals surface area contributed by atoms with Crippen LogP contribution in [-0.4, -0.2) is 53.8 Å². The summed E-state index contributed by atoms with van der Waals surface area (Å²) in [6, 6.07) is 8.21. The number of nitrogens with zero attached hydrogens (tertiary/aromatic N) is 1. The molecule has 1 aromatic carbocycles. The SMILES string of the molecule is CC(NC(=O)CCC(=O)N1CCOCC1(C)C)C(=O)c1ccccc1. The smallest absolute Gasteiger partial charge is 0.223 e. The van der Waals surface area contributed by atoms with Crippen molar-refractivity contribution in [2.45, 2.75) is 45.2 Å². The highest BCUT2D eigenvalue weighted by molar-refractivity contribution is 6.01. The van der Waals surface area contributed by atoms with E-state index in [2.05, 4.69) is 5.32 Å². The number of amides is 2. The molecule has 1 aliphatic rings. The van der Waals surface area contributed by atoms with Gasteiger partial charge in [0.25, 0.3) is 0 Å². The van der Waals surface area contributed by atoms with Crippen LogP contribution < -0.4 is 5.32 Å². The molecular formula is C19H26N2O4. The third-order valence-corrected chi connectivity index (χ3v) is 4.34. The zero-order valence-electron chi connectivity index (χ0n) is 15.1. The summed E-state index contributed by atoms with van der Waals surface area (Å²) < 4.78 is 5.40. The molecular weight excluding hydrogens is 320 g/mol. The van der Waals surface area contributed by atoms with Crippen LogP contribution in [0.4, 0.5) is 0 Å². The molecule has 0 aliphatic carbocycles. The Labute approximate surface area is 148 Å². The molecule has 0 aromatic heterocycles. The summed E-state index contributed by atoms with van der Waals surface area (Å²) in [6.45, 7) is 7.10. The molecule has 1 fully saturated rings. The molecule has 1 aromatic rings. The fourth-order valence-electron chi connectivity index (χ4n) is 2.91. The van der Waals surface area contributed by atoms with Gasteiger partial charge in [0.05, 0.1) is 24.8 Å². The predicted molar refractivity (Wildman–Crippen MR) is 94.2 cm³/mol. The topological polar surface area (TPSA) is 75.7 Å². The molecule has 2 amide bonds. The molecule has 0 radical (unpaired) electrons. The van der Waals surface area contributed by atoms with E-state index < -0.39 is 6.04 Å². The number of carbonyl (C=O) groups excluding carboxylic acids is 3. The van der Waals surface area contributed by atoms with Gasteiger partial charge in [-0.1, -0.05) is 30.3 Å². The number of carbonyl (C=O) groups is 3. The molecule has 1 heterocycles. The second kappa shape index (κ2) is 8.25. The maximum atomic E-state index is 12.4. The fourth-order valence-corrected chi connectivity index (χ4v) is 2.91. The van der Waals surface area contributed by atoms with Crippen molar-refractivity contribution in [2.24, 2.45) is 0 Å². The summed E-state index contributed by atoms with van der Waals surface area (Å²) in [4.78, 5) is 38.5. The first kappa shape index (κ1) is 19.1. The lowest BCUT2D eigenvalue weighted by atomic mass is 10.0. The van der Waals surface area contributed by atoms with Gasteiger partial charge < -0.3 is 15.0 Å². The molecule has 1 atom stereocenters. The minimum Gasteiger partial charge on any atom is -0.377 e. The van der Waals surface area contributed by atoms with Crippen molar-refractivity contribution < 1.29 is 19.1 Å². The van der Waals surface area contributed by atoms with Crippen LogP contribution in [0.2, 0.25) is 0 Å². The third kappa shape index (κ3) is 5.13. The van der Waals surface area contributed by atoms with Crippen LogP contribution in [0.25, 0.3) is 0 Å². The number of morpholine rings is 1. The van der Waals surface area contributed by atoms with E-state index in [1.165, 1.54) is 0 Å². The van der Waals surface area contributed by atoms with E-state index >= 15 is 0 Å². The van der Waals surface area contributed by atoms with Gasteiger partial charge in [-0.05, 0) is 20.8 Å². The van der Waals surface area contributed by atoms with Gasteiger partial charge in [-0.2, -0.15) is 0 Å². The monoisotopic (exact) mass is 346 g/mol. The van der Waals surface area contributed by atoms with Crippen LogP contribution in [0, 0.1) is 0 Å². The van der Waals surface area contributed by atoms with E-state index in [-0.39, 0.29) is 36.0 Å². The highest BCUT2D eigenvalue weighted by atomic mass is 16.5. The Morgan fingerprint density at radius 1 is 1.20 bits per heavy atom. The standard InChI is InChI=1S/C19H26N2O4/c1-14(18(24)15-7-5-4-6-8-15)20-16(22)9-10-17(23)21-11-12-25-13-19(21,2)3/h4-8,14H,9-13H2,1-3H3,(H,20,22). The predicted octanol–water partition coefficient (Wildman–Crippen LogP) is 1.79. The molecule has 1 N–H and O–H groups in total. The molecule has 0 saturated carbocycles. The largest absolute Gasteiger partial charge is 0.377 e. The summed E-state index contributed by atoms with van der Waals surface area (Å²) in [5.74, 6) is -0.503. The van der Waals surface area contributed by atoms with Gasteiger partial charge in [0.2, 0.25) is 11.8 Å². The fraction of sp³-hybridized carbons (Fsp3) is 0.526. The maximum absolute atomic E-state index is 12.4. The first-order valence-corrected chi connectivity index (χ1v) is 8.58. The van der Waals surface area contributed by atoms with Crippen LogP contribution >= 0.6 is 0 Å². The van der Waals surface area contributed by atoms with E-state index in [4.69, 9.17) is 4.74 Å². The minimum atomic E-state index is -0.621. The zero-order chi connectivity index (χ0) is 18.4. The molecule has 0 spiro atoms. The second-order valence-electron chi connectivity index (χ2n) is 6.93. The molecule has 1 aliphatic heterocycles. The lowest BCUT2D eigenvalue weighted by Crippen LogP contribution is -2.55.